The molecule has 88 valence electrons. The van der Waals surface area contributed by atoms with Crippen LogP contribution in [0.4, 0.5) is 0 Å². The SMILES string of the molecule is COC(=O)CC(C)N1CCC(CO)CC1. The van der Waals surface area contributed by atoms with Crippen molar-refractivity contribution in [2.75, 3.05) is 26.8 Å². The van der Waals surface area contributed by atoms with E-state index in [1.807, 2.05) is 0 Å². The van der Waals surface area contributed by atoms with E-state index in [1.165, 1.54) is 7.11 Å². The topological polar surface area (TPSA) is 49.8 Å². The number of nitrogens with zero attached hydrogens (tertiary/aromatic N) is 1. The lowest BCUT2D eigenvalue weighted by atomic mass is 9.96. The van der Waals surface area contributed by atoms with Gasteiger partial charge in [0, 0.05) is 12.6 Å². The third kappa shape index (κ3) is 3.80. The van der Waals surface area contributed by atoms with E-state index in [2.05, 4.69) is 16.6 Å². The number of rotatable bonds is 4. The van der Waals surface area contributed by atoms with Gasteiger partial charge in [0.25, 0.3) is 0 Å². The first-order valence-corrected chi connectivity index (χ1v) is 5.59. The summed E-state index contributed by atoms with van der Waals surface area (Å²) in [5.74, 6) is 0.304. The highest BCUT2D eigenvalue weighted by Gasteiger charge is 2.23. The summed E-state index contributed by atoms with van der Waals surface area (Å²) in [4.78, 5) is 13.4. The van der Waals surface area contributed by atoms with E-state index in [9.17, 15) is 4.79 Å². The van der Waals surface area contributed by atoms with Crippen molar-refractivity contribution in [3.8, 4) is 0 Å². The van der Waals surface area contributed by atoms with Crippen LogP contribution in [-0.2, 0) is 9.53 Å². The van der Waals surface area contributed by atoms with Crippen molar-refractivity contribution < 1.29 is 14.6 Å². The summed E-state index contributed by atoms with van der Waals surface area (Å²) in [6.07, 6.45) is 2.52. The predicted octanol–water partition coefficient (Wildman–Crippen LogP) is 0.642. The first-order valence-electron chi connectivity index (χ1n) is 5.59. The number of hydrogen-bond acceptors (Lipinski definition) is 4. The van der Waals surface area contributed by atoms with Crippen LogP contribution in [0.1, 0.15) is 26.2 Å². The van der Waals surface area contributed by atoms with Crippen LogP contribution >= 0.6 is 0 Å². The lowest BCUT2D eigenvalue weighted by Crippen LogP contribution is -2.41. The van der Waals surface area contributed by atoms with E-state index in [4.69, 9.17) is 5.11 Å². The van der Waals surface area contributed by atoms with Crippen LogP contribution in [-0.4, -0.2) is 48.8 Å². The maximum Gasteiger partial charge on any atom is 0.307 e. The van der Waals surface area contributed by atoms with Crippen molar-refractivity contribution in [3.05, 3.63) is 0 Å². The van der Waals surface area contributed by atoms with Gasteiger partial charge < -0.3 is 14.7 Å². The number of likely N-dealkylation sites (tertiary alicyclic amines) is 1. The quantitative estimate of drug-likeness (QED) is 0.699. The molecule has 1 saturated heterocycles. The Morgan fingerprint density at radius 3 is 2.60 bits per heavy atom. The van der Waals surface area contributed by atoms with Crippen molar-refractivity contribution in [3.63, 3.8) is 0 Å². The highest BCUT2D eigenvalue weighted by molar-refractivity contribution is 5.69. The van der Waals surface area contributed by atoms with Crippen molar-refractivity contribution in [1.82, 2.24) is 4.90 Å². The number of methoxy groups -OCH3 is 1. The van der Waals surface area contributed by atoms with Crippen LogP contribution < -0.4 is 0 Å². The van der Waals surface area contributed by atoms with Gasteiger partial charge >= 0.3 is 5.97 Å². The van der Waals surface area contributed by atoms with Crippen molar-refractivity contribution in [1.29, 1.82) is 0 Å². The molecule has 1 heterocycles. The summed E-state index contributed by atoms with van der Waals surface area (Å²) in [5.41, 5.74) is 0. The molecule has 0 amide bonds. The third-order valence-corrected chi connectivity index (χ3v) is 3.22. The van der Waals surface area contributed by atoms with Crippen LogP contribution in [0.5, 0.6) is 0 Å². The summed E-state index contributed by atoms with van der Waals surface area (Å²) < 4.78 is 4.65. The molecule has 1 fully saturated rings. The minimum absolute atomic E-state index is 0.146. The fourth-order valence-corrected chi connectivity index (χ4v) is 2.03. The van der Waals surface area contributed by atoms with Crippen molar-refractivity contribution in [2.45, 2.75) is 32.2 Å². The standard InChI is InChI=1S/C11H21NO3/c1-9(7-11(14)15-2)12-5-3-10(8-13)4-6-12/h9-10,13H,3-8H2,1-2H3. The zero-order valence-electron chi connectivity index (χ0n) is 9.61. The summed E-state index contributed by atoms with van der Waals surface area (Å²) in [7, 11) is 1.42. The Kier molecular flexibility index (Phi) is 5.05. The van der Waals surface area contributed by atoms with E-state index < -0.39 is 0 Å². The second-order valence-electron chi connectivity index (χ2n) is 4.29. The second kappa shape index (κ2) is 6.08. The summed E-state index contributed by atoms with van der Waals surface area (Å²) in [6.45, 7) is 4.29. The maximum absolute atomic E-state index is 11.1. The van der Waals surface area contributed by atoms with Crippen LogP contribution in [0.3, 0.4) is 0 Å². The Morgan fingerprint density at radius 2 is 2.13 bits per heavy atom. The highest BCUT2D eigenvalue weighted by Crippen LogP contribution is 2.19. The predicted molar refractivity (Wildman–Crippen MR) is 57.5 cm³/mol. The fourth-order valence-electron chi connectivity index (χ4n) is 2.03. The molecule has 0 aromatic carbocycles. The van der Waals surface area contributed by atoms with Gasteiger partial charge in [-0.25, -0.2) is 0 Å². The lowest BCUT2D eigenvalue weighted by Gasteiger charge is -2.35. The Balaban J connectivity index is 2.29. The molecule has 4 heteroatoms. The number of carbonyl (C=O) groups is 1. The molecule has 0 radical (unpaired) electrons. The minimum Gasteiger partial charge on any atom is -0.469 e. The van der Waals surface area contributed by atoms with Crippen molar-refractivity contribution in [2.24, 2.45) is 5.92 Å². The Bertz CT molecular complexity index is 200. The average Bonchev–Trinajstić information content (AvgIpc) is 2.29. The van der Waals surface area contributed by atoms with Gasteiger partial charge in [-0.2, -0.15) is 0 Å². The van der Waals surface area contributed by atoms with Gasteiger partial charge in [-0.3, -0.25) is 4.79 Å². The molecule has 1 aliphatic rings. The number of piperidine rings is 1. The van der Waals surface area contributed by atoms with E-state index >= 15 is 0 Å². The summed E-state index contributed by atoms with van der Waals surface area (Å²) in [6, 6.07) is 0.247. The van der Waals surface area contributed by atoms with E-state index in [0.29, 0.717) is 18.9 Å². The second-order valence-corrected chi connectivity index (χ2v) is 4.29. The zero-order chi connectivity index (χ0) is 11.3. The van der Waals surface area contributed by atoms with Gasteiger partial charge in [0.2, 0.25) is 0 Å². The number of aliphatic hydroxyl groups is 1. The molecule has 0 bridgehead atoms. The average molecular weight is 215 g/mol. The van der Waals surface area contributed by atoms with E-state index in [-0.39, 0.29) is 12.0 Å². The van der Waals surface area contributed by atoms with Crippen molar-refractivity contribution >= 4 is 5.97 Å². The summed E-state index contributed by atoms with van der Waals surface area (Å²) >= 11 is 0. The lowest BCUT2D eigenvalue weighted by molar-refractivity contribution is -0.142. The number of ether oxygens (including phenoxy) is 1. The highest BCUT2D eigenvalue weighted by atomic mass is 16.5. The normalized spacial score (nSPS) is 21.3. The largest absolute Gasteiger partial charge is 0.469 e. The Hall–Kier alpha value is -0.610. The molecule has 1 atom stereocenters. The van der Waals surface area contributed by atoms with Crippen LogP contribution in [0, 0.1) is 5.92 Å². The van der Waals surface area contributed by atoms with Gasteiger partial charge in [0.05, 0.1) is 13.5 Å². The molecule has 1 unspecified atom stereocenters. The number of esters is 1. The first kappa shape index (κ1) is 12.5. The zero-order valence-corrected chi connectivity index (χ0v) is 9.61. The molecule has 1 rings (SSSR count). The van der Waals surface area contributed by atoms with Crippen LogP contribution in [0.25, 0.3) is 0 Å². The molecule has 0 saturated carbocycles. The maximum atomic E-state index is 11.1. The van der Waals surface area contributed by atoms with Gasteiger partial charge in [-0.15, -0.1) is 0 Å². The molecular formula is C11H21NO3. The third-order valence-electron chi connectivity index (χ3n) is 3.22. The van der Waals surface area contributed by atoms with Gasteiger partial charge in [0.15, 0.2) is 0 Å². The van der Waals surface area contributed by atoms with Gasteiger partial charge in [-0.1, -0.05) is 0 Å². The van der Waals surface area contributed by atoms with Crippen LogP contribution in [0.2, 0.25) is 0 Å². The first-order chi connectivity index (χ1) is 7.17. The smallest absolute Gasteiger partial charge is 0.307 e. The minimum atomic E-state index is -0.146. The number of hydrogen-bond donors (Lipinski definition) is 1. The van der Waals surface area contributed by atoms with E-state index in [0.717, 1.165) is 25.9 Å². The molecular weight excluding hydrogens is 194 g/mol. The number of aliphatic hydroxyl groups excluding tert-OH is 1. The molecule has 0 aromatic heterocycles. The van der Waals surface area contributed by atoms with Gasteiger partial charge in [-0.05, 0) is 38.8 Å². The fraction of sp³-hybridized carbons (Fsp3) is 0.909. The number of carbonyl (C=O) groups excluding carboxylic acids is 1. The molecule has 15 heavy (non-hydrogen) atoms. The summed E-state index contributed by atoms with van der Waals surface area (Å²) in [5, 5.41) is 9.01. The molecule has 1 N–H and O–H groups in total. The Morgan fingerprint density at radius 1 is 1.53 bits per heavy atom. The molecule has 0 spiro atoms. The molecule has 0 aromatic rings. The van der Waals surface area contributed by atoms with Crippen LogP contribution in [0.15, 0.2) is 0 Å². The Labute approximate surface area is 91.2 Å². The van der Waals surface area contributed by atoms with Gasteiger partial charge in [0.1, 0.15) is 0 Å². The molecule has 1 aliphatic heterocycles. The monoisotopic (exact) mass is 215 g/mol. The van der Waals surface area contributed by atoms with E-state index in [1.54, 1.807) is 0 Å². The molecule has 4 nitrogen and oxygen atoms in total. The molecule has 0 aliphatic carbocycles.